The van der Waals surface area contributed by atoms with Crippen LogP contribution < -0.4 is 9.47 Å². The summed E-state index contributed by atoms with van der Waals surface area (Å²) in [5.41, 5.74) is 2.04. The first-order chi connectivity index (χ1) is 12.2. The highest BCUT2D eigenvalue weighted by Crippen LogP contribution is 2.39. The van der Waals surface area contributed by atoms with E-state index >= 15 is 0 Å². The van der Waals surface area contributed by atoms with Crippen LogP contribution in [0.15, 0.2) is 48.1 Å². The molecule has 0 saturated carbocycles. The number of amides is 1. The van der Waals surface area contributed by atoms with Crippen LogP contribution in [-0.4, -0.2) is 40.8 Å². The number of ether oxygens (including phenoxy) is 2. The van der Waals surface area contributed by atoms with Gasteiger partial charge in [0.1, 0.15) is 18.1 Å². The van der Waals surface area contributed by atoms with Crippen molar-refractivity contribution in [2.45, 2.75) is 6.54 Å². The van der Waals surface area contributed by atoms with Gasteiger partial charge >= 0.3 is 0 Å². The van der Waals surface area contributed by atoms with E-state index in [0.29, 0.717) is 36.1 Å². The Balaban J connectivity index is 1.47. The van der Waals surface area contributed by atoms with E-state index in [1.54, 1.807) is 22.8 Å². The zero-order valence-electron chi connectivity index (χ0n) is 13.7. The summed E-state index contributed by atoms with van der Waals surface area (Å²) in [7, 11) is 1.79. The summed E-state index contributed by atoms with van der Waals surface area (Å²) in [6.07, 6.45) is 3.64. The smallest absolute Gasteiger partial charge is 0.267 e. The molecule has 7 heteroatoms. The fraction of sp³-hybridized carbons (Fsp3) is 0.222. The van der Waals surface area contributed by atoms with Gasteiger partial charge in [-0.05, 0) is 23.8 Å². The lowest BCUT2D eigenvalue weighted by Crippen LogP contribution is -2.26. The Morgan fingerprint density at radius 3 is 2.84 bits per heavy atom. The van der Waals surface area contributed by atoms with Gasteiger partial charge in [-0.1, -0.05) is 12.1 Å². The molecule has 4 rings (SSSR count). The van der Waals surface area contributed by atoms with Crippen LogP contribution in [0.1, 0.15) is 15.2 Å². The molecule has 0 radical (unpaired) electrons. The number of rotatable bonds is 4. The number of fused-ring (bicyclic) bond motifs is 1. The van der Waals surface area contributed by atoms with Gasteiger partial charge in [-0.25, -0.2) is 4.68 Å². The maximum absolute atomic E-state index is 12.7. The fourth-order valence-electron chi connectivity index (χ4n) is 2.71. The second kappa shape index (κ2) is 6.60. The van der Waals surface area contributed by atoms with E-state index in [2.05, 4.69) is 5.10 Å². The van der Waals surface area contributed by atoms with Crippen molar-refractivity contribution >= 4 is 17.2 Å². The Morgan fingerprint density at radius 1 is 1.28 bits per heavy atom. The molecule has 1 aliphatic rings. The maximum atomic E-state index is 12.7. The summed E-state index contributed by atoms with van der Waals surface area (Å²) >= 11 is 1.36. The third kappa shape index (κ3) is 3.10. The molecule has 0 atom stereocenters. The van der Waals surface area contributed by atoms with Crippen LogP contribution >= 0.6 is 11.3 Å². The molecule has 128 valence electrons. The Hall–Kier alpha value is -2.80. The molecule has 3 heterocycles. The molecule has 0 aliphatic carbocycles. The van der Waals surface area contributed by atoms with Gasteiger partial charge < -0.3 is 14.4 Å². The van der Waals surface area contributed by atoms with Crippen LogP contribution in [-0.2, 0) is 6.54 Å². The standard InChI is InChI=1S/C18H17N3O3S/c1-20(18(22)17-16-15(12-25-17)23-9-10-24-16)11-13-3-5-14(6-4-13)21-8-2-7-19-21/h2-8,12H,9-11H2,1H3. The molecular weight excluding hydrogens is 338 g/mol. The average Bonchev–Trinajstić information content (AvgIpc) is 3.31. The molecule has 6 nitrogen and oxygen atoms in total. The third-order valence-corrected chi connectivity index (χ3v) is 4.89. The Labute approximate surface area is 149 Å². The monoisotopic (exact) mass is 355 g/mol. The molecule has 1 aliphatic heterocycles. The summed E-state index contributed by atoms with van der Waals surface area (Å²) in [6.45, 7) is 1.52. The molecule has 0 spiro atoms. The van der Waals surface area contributed by atoms with Crippen molar-refractivity contribution < 1.29 is 14.3 Å². The third-order valence-electron chi connectivity index (χ3n) is 3.97. The quantitative estimate of drug-likeness (QED) is 0.722. The van der Waals surface area contributed by atoms with Crippen molar-refractivity contribution in [1.29, 1.82) is 0 Å². The van der Waals surface area contributed by atoms with Crippen LogP contribution in [0.4, 0.5) is 0 Å². The van der Waals surface area contributed by atoms with E-state index in [-0.39, 0.29) is 5.91 Å². The molecule has 2 aromatic heterocycles. The van der Waals surface area contributed by atoms with Crippen molar-refractivity contribution in [2.75, 3.05) is 20.3 Å². The minimum Gasteiger partial charge on any atom is -0.485 e. The number of benzene rings is 1. The Kier molecular flexibility index (Phi) is 4.15. The summed E-state index contributed by atoms with van der Waals surface area (Å²) in [6, 6.07) is 9.87. The molecule has 0 fully saturated rings. The Morgan fingerprint density at radius 2 is 2.08 bits per heavy atom. The van der Waals surface area contributed by atoms with Crippen LogP contribution in [0.3, 0.4) is 0 Å². The number of hydrogen-bond donors (Lipinski definition) is 0. The minimum atomic E-state index is -0.0621. The number of thiophene rings is 1. The zero-order valence-corrected chi connectivity index (χ0v) is 14.5. The number of nitrogens with zero attached hydrogens (tertiary/aromatic N) is 3. The van der Waals surface area contributed by atoms with Crippen molar-refractivity contribution in [3.8, 4) is 17.2 Å². The second-order valence-electron chi connectivity index (χ2n) is 5.73. The molecule has 25 heavy (non-hydrogen) atoms. The summed E-state index contributed by atoms with van der Waals surface area (Å²) < 4.78 is 12.9. The van der Waals surface area contributed by atoms with Crippen LogP contribution in [0.25, 0.3) is 5.69 Å². The normalized spacial score (nSPS) is 12.8. The van der Waals surface area contributed by atoms with Gasteiger partial charge in [-0.15, -0.1) is 11.3 Å². The van der Waals surface area contributed by atoms with E-state index in [0.717, 1.165) is 11.3 Å². The molecule has 0 saturated heterocycles. The molecule has 1 aromatic carbocycles. The van der Waals surface area contributed by atoms with Gasteiger partial charge in [0, 0.05) is 31.4 Å². The van der Waals surface area contributed by atoms with Crippen molar-refractivity contribution in [3.63, 3.8) is 0 Å². The van der Waals surface area contributed by atoms with Crippen LogP contribution in [0.2, 0.25) is 0 Å². The molecular formula is C18H17N3O3S. The molecule has 3 aromatic rings. The fourth-order valence-corrected chi connectivity index (χ4v) is 3.63. The largest absolute Gasteiger partial charge is 0.485 e. The first kappa shape index (κ1) is 15.7. The SMILES string of the molecule is CN(Cc1ccc(-n2cccn2)cc1)C(=O)c1scc2c1OCCO2. The summed E-state index contributed by atoms with van der Waals surface area (Å²) in [5, 5.41) is 6.04. The maximum Gasteiger partial charge on any atom is 0.267 e. The van der Waals surface area contributed by atoms with Gasteiger partial charge in [0.15, 0.2) is 11.5 Å². The number of carbonyl (C=O) groups excluding carboxylic acids is 1. The molecule has 1 amide bonds. The van der Waals surface area contributed by atoms with E-state index < -0.39 is 0 Å². The van der Waals surface area contributed by atoms with E-state index in [4.69, 9.17) is 9.47 Å². The van der Waals surface area contributed by atoms with Crippen LogP contribution in [0.5, 0.6) is 11.5 Å². The molecule has 0 bridgehead atoms. The lowest BCUT2D eigenvalue weighted by molar-refractivity contribution is 0.0781. The molecule has 0 unspecified atom stereocenters. The van der Waals surface area contributed by atoms with E-state index in [1.165, 1.54) is 11.3 Å². The first-order valence-corrected chi connectivity index (χ1v) is 8.82. The van der Waals surface area contributed by atoms with Gasteiger partial charge in [-0.2, -0.15) is 5.10 Å². The lowest BCUT2D eigenvalue weighted by Gasteiger charge is -2.19. The highest BCUT2D eigenvalue weighted by molar-refractivity contribution is 7.12. The lowest BCUT2D eigenvalue weighted by atomic mass is 10.2. The highest BCUT2D eigenvalue weighted by atomic mass is 32.1. The Bertz CT molecular complexity index is 872. The average molecular weight is 355 g/mol. The van der Waals surface area contributed by atoms with Gasteiger partial charge in [0.2, 0.25) is 0 Å². The van der Waals surface area contributed by atoms with Crippen LogP contribution in [0, 0.1) is 0 Å². The minimum absolute atomic E-state index is 0.0621. The van der Waals surface area contributed by atoms with Crippen molar-refractivity contribution in [3.05, 3.63) is 58.5 Å². The molecule has 0 N–H and O–H groups in total. The highest BCUT2D eigenvalue weighted by Gasteiger charge is 2.25. The number of hydrogen-bond acceptors (Lipinski definition) is 5. The number of aromatic nitrogens is 2. The predicted molar refractivity (Wildman–Crippen MR) is 94.7 cm³/mol. The van der Waals surface area contributed by atoms with Gasteiger partial charge in [-0.3, -0.25) is 4.79 Å². The summed E-state index contributed by atoms with van der Waals surface area (Å²) in [4.78, 5) is 15.0. The van der Waals surface area contributed by atoms with Gasteiger partial charge in [0.05, 0.1) is 5.69 Å². The predicted octanol–water partition coefficient (Wildman–Crippen LogP) is 2.98. The zero-order chi connectivity index (χ0) is 17.2. The number of carbonyl (C=O) groups is 1. The first-order valence-electron chi connectivity index (χ1n) is 7.94. The van der Waals surface area contributed by atoms with Crippen molar-refractivity contribution in [2.24, 2.45) is 0 Å². The van der Waals surface area contributed by atoms with Gasteiger partial charge in [0.25, 0.3) is 5.91 Å². The summed E-state index contributed by atoms with van der Waals surface area (Å²) in [5.74, 6) is 1.17. The van der Waals surface area contributed by atoms with E-state index in [9.17, 15) is 4.79 Å². The second-order valence-corrected chi connectivity index (χ2v) is 6.61. The topological polar surface area (TPSA) is 56.6 Å². The van der Waals surface area contributed by atoms with E-state index in [1.807, 2.05) is 41.9 Å². The van der Waals surface area contributed by atoms with Crippen molar-refractivity contribution in [1.82, 2.24) is 14.7 Å².